The van der Waals surface area contributed by atoms with E-state index in [0.717, 1.165) is 40.8 Å². The molecule has 0 spiro atoms. The van der Waals surface area contributed by atoms with E-state index in [1.165, 1.54) is 35.9 Å². The van der Waals surface area contributed by atoms with Gasteiger partial charge in [-0.25, -0.2) is 4.98 Å². The summed E-state index contributed by atoms with van der Waals surface area (Å²) in [4.78, 5) is 17.5. The third-order valence-electron chi connectivity index (χ3n) is 5.45. The maximum absolute atomic E-state index is 12.2. The minimum absolute atomic E-state index is 0.0694. The molecule has 0 aliphatic heterocycles. The lowest BCUT2D eigenvalue weighted by Gasteiger charge is -2.13. The van der Waals surface area contributed by atoms with Crippen LogP contribution in [0.2, 0.25) is 0 Å². The van der Waals surface area contributed by atoms with Crippen molar-refractivity contribution in [2.24, 2.45) is 0 Å². The van der Waals surface area contributed by atoms with Crippen LogP contribution in [0.3, 0.4) is 0 Å². The van der Waals surface area contributed by atoms with Gasteiger partial charge in [0, 0.05) is 35.5 Å². The van der Waals surface area contributed by atoms with Gasteiger partial charge in [0.1, 0.15) is 5.75 Å². The van der Waals surface area contributed by atoms with Gasteiger partial charge in [0.2, 0.25) is 0 Å². The van der Waals surface area contributed by atoms with E-state index in [4.69, 9.17) is 4.74 Å². The van der Waals surface area contributed by atoms with Crippen molar-refractivity contribution in [2.75, 3.05) is 0 Å². The fourth-order valence-electron chi connectivity index (χ4n) is 3.88. The minimum Gasteiger partial charge on any atom is -0.490 e. The molecule has 9 heteroatoms. The molecule has 1 aliphatic rings. The Morgan fingerprint density at radius 1 is 1.22 bits per heavy atom. The molecule has 3 heterocycles. The molecule has 1 saturated carbocycles. The Morgan fingerprint density at radius 3 is 2.81 bits per heavy atom. The van der Waals surface area contributed by atoms with Crippen LogP contribution in [0.15, 0.2) is 64.5 Å². The zero-order valence-electron chi connectivity index (χ0n) is 17.5. The van der Waals surface area contributed by atoms with Crippen LogP contribution in [0, 0.1) is 0 Å². The molecule has 0 amide bonds. The van der Waals surface area contributed by atoms with E-state index in [1.54, 1.807) is 16.7 Å². The summed E-state index contributed by atoms with van der Waals surface area (Å²) in [6, 6.07) is 9.62. The number of nitrogens with zero attached hydrogens (tertiary/aromatic N) is 5. The molecule has 0 N–H and O–H groups in total. The van der Waals surface area contributed by atoms with Gasteiger partial charge in [-0.1, -0.05) is 17.8 Å². The molecule has 32 heavy (non-hydrogen) atoms. The molecule has 164 valence electrons. The number of thioether (sulfide) groups is 1. The molecule has 3 aromatic heterocycles. The van der Waals surface area contributed by atoms with Crippen LogP contribution in [0.1, 0.15) is 31.4 Å². The molecule has 5 rings (SSSR count). The van der Waals surface area contributed by atoms with E-state index in [-0.39, 0.29) is 5.56 Å². The number of ether oxygens (including phenoxy) is 1. The average Bonchev–Trinajstić information content (AvgIpc) is 3.55. The number of hydrogen-bond donors (Lipinski definition) is 0. The molecule has 1 aromatic carbocycles. The standard InChI is InChI=1S/C23H23N5O2S2/c1-2-11-28-21(16-7-9-19(10-8-16)30-18-5-3-4-6-18)25-26-23(28)32-15-17-14-20(29)27-12-13-31-22(27)24-17/h2,7-10,12-14,18H,1,3-6,11,15H2. The third-order valence-corrected chi connectivity index (χ3v) is 7.21. The van der Waals surface area contributed by atoms with Crippen molar-refractivity contribution < 1.29 is 4.74 Å². The number of benzene rings is 1. The minimum atomic E-state index is -0.0694. The molecule has 0 bridgehead atoms. The van der Waals surface area contributed by atoms with Crippen molar-refractivity contribution in [2.45, 2.75) is 49.2 Å². The van der Waals surface area contributed by atoms with E-state index in [0.29, 0.717) is 23.4 Å². The first-order chi connectivity index (χ1) is 15.7. The molecule has 1 fully saturated rings. The monoisotopic (exact) mass is 465 g/mol. The van der Waals surface area contributed by atoms with E-state index < -0.39 is 0 Å². The molecule has 0 unspecified atom stereocenters. The third kappa shape index (κ3) is 4.35. The van der Waals surface area contributed by atoms with Crippen molar-refractivity contribution in [3.05, 3.63) is 70.6 Å². The Labute approximate surface area is 193 Å². The van der Waals surface area contributed by atoms with Crippen LogP contribution >= 0.6 is 23.1 Å². The lowest BCUT2D eigenvalue weighted by atomic mass is 10.2. The Hall–Kier alpha value is -2.91. The van der Waals surface area contributed by atoms with Gasteiger partial charge >= 0.3 is 0 Å². The predicted molar refractivity (Wildman–Crippen MR) is 127 cm³/mol. The summed E-state index contributed by atoms with van der Waals surface area (Å²) in [6.45, 7) is 4.47. The van der Waals surface area contributed by atoms with Gasteiger partial charge in [-0.15, -0.1) is 28.1 Å². The quantitative estimate of drug-likeness (QED) is 0.275. The van der Waals surface area contributed by atoms with Gasteiger partial charge in [0.05, 0.1) is 11.8 Å². The highest BCUT2D eigenvalue weighted by Crippen LogP contribution is 2.29. The van der Waals surface area contributed by atoms with Crippen molar-refractivity contribution in [3.63, 3.8) is 0 Å². The second kappa shape index (κ2) is 9.30. The fraction of sp³-hybridized carbons (Fsp3) is 0.304. The molecule has 0 atom stereocenters. The summed E-state index contributed by atoms with van der Waals surface area (Å²) in [5, 5.41) is 11.4. The van der Waals surface area contributed by atoms with Gasteiger partial charge < -0.3 is 4.74 Å². The van der Waals surface area contributed by atoms with Gasteiger partial charge in [-0.2, -0.15) is 0 Å². The van der Waals surface area contributed by atoms with Gasteiger partial charge in [-0.05, 0) is 49.9 Å². The number of aromatic nitrogens is 5. The lowest BCUT2D eigenvalue weighted by molar-refractivity contribution is 0.210. The van der Waals surface area contributed by atoms with Crippen LogP contribution in [0.25, 0.3) is 16.3 Å². The predicted octanol–water partition coefficient (Wildman–Crippen LogP) is 4.81. The molecule has 4 aromatic rings. The number of fused-ring (bicyclic) bond motifs is 1. The summed E-state index contributed by atoms with van der Waals surface area (Å²) < 4.78 is 9.66. The molecular formula is C23H23N5O2S2. The van der Waals surface area contributed by atoms with Crippen molar-refractivity contribution in [3.8, 4) is 17.1 Å². The van der Waals surface area contributed by atoms with Crippen LogP contribution in [-0.2, 0) is 12.3 Å². The van der Waals surface area contributed by atoms with Crippen molar-refractivity contribution >= 4 is 28.1 Å². The highest BCUT2D eigenvalue weighted by Gasteiger charge is 2.18. The van der Waals surface area contributed by atoms with E-state index in [2.05, 4.69) is 21.8 Å². The van der Waals surface area contributed by atoms with Crippen LogP contribution in [0.5, 0.6) is 5.75 Å². The van der Waals surface area contributed by atoms with Gasteiger partial charge in [-0.3, -0.25) is 13.8 Å². The smallest absolute Gasteiger partial charge is 0.258 e. The van der Waals surface area contributed by atoms with E-state index in [1.807, 2.05) is 40.3 Å². The number of hydrogen-bond acceptors (Lipinski definition) is 7. The second-order valence-electron chi connectivity index (χ2n) is 7.68. The largest absolute Gasteiger partial charge is 0.490 e. The summed E-state index contributed by atoms with van der Waals surface area (Å²) in [6.07, 6.45) is 8.68. The topological polar surface area (TPSA) is 74.3 Å². The van der Waals surface area contributed by atoms with Crippen LogP contribution in [0.4, 0.5) is 0 Å². The number of thiazole rings is 1. The maximum atomic E-state index is 12.2. The SMILES string of the molecule is C=CCn1c(SCc2cc(=O)n3ccsc3n2)nnc1-c1ccc(OC2CCCC2)cc1. The zero-order chi connectivity index (χ0) is 21.9. The first-order valence-corrected chi connectivity index (χ1v) is 12.5. The highest BCUT2D eigenvalue weighted by molar-refractivity contribution is 7.98. The molecular weight excluding hydrogens is 442 g/mol. The normalized spacial score (nSPS) is 14.2. The molecule has 0 saturated heterocycles. The van der Waals surface area contributed by atoms with E-state index in [9.17, 15) is 4.79 Å². The van der Waals surface area contributed by atoms with Crippen molar-refractivity contribution in [1.29, 1.82) is 0 Å². The Bertz CT molecular complexity index is 1290. The summed E-state index contributed by atoms with van der Waals surface area (Å²) in [5.41, 5.74) is 1.63. The molecule has 7 nitrogen and oxygen atoms in total. The van der Waals surface area contributed by atoms with Gasteiger partial charge in [0.25, 0.3) is 5.56 Å². The van der Waals surface area contributed by atoms with Crippen LogP contribution in [-0.4, -0.2) is 30.3 Å². The fourth-order valence-corrected chi connectivity index (χ4v) is 5.46. The molecule has 0 radical (unpaired) electrons. The Morgan fingerprint density at radius 2 is 2.03 bits per heavy atom. The summed E-state index contributed by atoms with van der Waals surface area (Å²) >= 11 is 2.96. The number of allylic oxidation sites excluding steroid dienone is 1. The van der Waals surface area contributed by atoms with Gasteiger partial charge in [0.15, 0.2) is 15.9 Å². The van der Waals surface area contributed by atoms with Crippen molar-refractivity contribution in [1.82, 2.24) is 24.1 Å². The average molecular weight is 466 g/mol. The Balaban J connectivity index is 1.34. The second-order valence-corrected chi connectivity index (χ2v) is 9.50. The molecule has 1 aliphatic carbocycles. The summed E-state index contributed by atoms with van der Waals surface area (Å²) in [7, 11) is 0. The zero-order valence-corrected chi connectivity index (χ0v) is 19.1. The maximum Gasteiger partial charge on any atom is 0.258 e. The first-order valence-electron chi connectivity index (χ1n) is 10.6. The Kier molecular flexibility index (Phi) is 6.09. The summed E-state index contributed by atoms with van der Waals surface area (Å²) in [5.74, 6) is 2.21. The number of rotatable bonds is 8. The highest BCUT2D eigenvalue weighted by atomic mass is 32.2. The van der Waals surface area contributed by atoms with Crippen LogP contribution < -0.4 is 10.3 Å². The lowest BCUT2D eigenvalue weighted by Crippen LogP contribution is -2.12. The first kappa shape index (κ1) is 21.0. The van der Waals surface area contributed by atoms with E-state index >= 15 is 0 Å².